The van der Waals surface area contributed by atoms with Crippen molar-refractivity contribution < 1.29 is 0 Å². The van der Waals surface area contributed by atoms with Crippen LogP contribution in [0.25, 0.3) is 22.3 Å². The van der Waals surface area contributed by atoms with E-state index in [2.05, 4.69) is 20.2 Å². The molecule has 0 saturated heterocycles. The highest BCUT2D eigenvalue weighted by atomic mass is 15.1. The lowest BCUT2D eigenvalue weighted by molar-refractivity contribution is 1.01. The molecule has 4 heteroatoms. The van der Waals surface area contributed by atoms with Gasteiger partial charge in [0.05, 0.1) is 16.9 Å². The first kappa shape index (κ1) is 9.84. The van der Waals surface area contributed by atoms with Crippen LogP contribution in [0.2, 0.25) is 0 Å². The Morgan fingerprint density at radius 3 is 2.76 bits per heavy atom. The fourth-order valence-electron chi connectivity index (χ4n) is 1.69. The van der Waals surface area contributed by atoms with Crippen LogP contribution in [0.15, 0.2) is 42.7 Å². The molecule has 0 spiro atoms. The highest BCUT2D eigenvalue weighted by molar-refractivity contribution is 5.77. The number of hydrogen-bond donors (Lipinski definition) is 0. The Hall–Kier alpha value is -2.36. The van der Waals surface area contributed by atoms with E-state index < -0.39 is 0 Å². The summed E-state index contributed by atoms with van der Waals surface area (Å²) in [6, 6.07) is 9.68. The summed E-state index contributed by atoms with van der Waals surface area (Å²) in [6.45, 7) is 1.91. The van der Waals surface area contributed by atoms with Crippen molar-refractivity contribution >= 4 is 11.0 Å². The van der Waals surface area contributed by atoms with Gasteiger partial charge >= 0.3 is 0 Å². The molecular weight excluding hydrogens is 212 g/mol. The van der Waals surface area contributed by atoms with E-state index in [1.807, 2.05) is 37.3 Å². The average molecular weight is 222 g/mol. The van der Waals surface area contributed by atoms with Crippen LogP contribution in [0.4, 0.5) is 0 Å². The molecule has 0 aliphatic carbocycles. The SMILES string of the molecule is Cc1cc2nc(-c3cccnc3)ccc2nn1. The zero-order valence-electron chi connectivity index (χ0n) is 9.33. The Bertz CT molecular complexity index is 665. The van der Waals surface area contributed by atoms with Gasteiger partial charge in [-0.15, -0.1) is 5.10 Å². The zero-order valence-corrected chi connectivity index (χ0v) is 9.33. The van der Waals surface area contributed by atoms with Gasteiger partial charge in [-0.2, -0.15) is 5.10 Å². The molecule has 0 N–H and O–H groups in total. The van der Waals surface area contributed by atoms with Gasteiger partial charge in [-0.1, -0.05) is 0 Å². The molecule has 82 valence electrons. The van der Waals surface area contributed by atoms with Crippen LogP contribution in [0.5, 0.6) is 0 Å². The Morgan fingerprint density at radius 1 is 1.00 bits per heavy atom. The lowest BCUT2D eigenvalue weighted by Crippen LogP contribution is -1.91. The van der Waals surface area contributed by atoms with Crippen molar-refractivity contribution in [3.63, 3.8) is 0 Å². The van der Waals surface area contributed by atoms with Crippen molar-refractivity contribution in [1.82, 2.24) is 20.2 Å². The number of fused-ring (bicyclic) bond motifs is 1. The molecular formula is C13H10N4. The Labute approximate surface area is 98.4 Å². The largest absolute Gasteiger partial charge is 0.264 e. The summed E-state index contributed by atoms with van der Waals surface area (Å²) in [5.74, 6) is 0. The monoisotopic (exact) mass is 222 g/mol. The lowest BCUT2D eigenvalue weighted by Gasteiger charge is -2.02. The normalized spacial score (nSPS) is 10.6. The van der Waals surface area contributed by atoms with Gasteiger partial charge in [-0.3, -0.25) is 4.98 Å². The van der Waals surface area contributed by atoms with E-state index in [4.69, 9.17) is 0 Å². The molecule has 3 aromatic heterocycles. The number of hydrogen-bond acceptors (Lipinski definition) is 4. The molecule has 0 aliphatic heterocycles. The topological polar surface area (TPSA) is 51.6 Å². The second-order valence-corrected chi connectivity index (χ2v) is 3.83. The Kier molecular flexibility index (Phi) is 2.26. The molecule has 17 heavy (non-hydrogen) atoms. The van der Waals surface area contributed by atoms with Crippen LogP contribution in [-0.2, 0) is 0 Å². The van der Waals surface area contributed by atoms with E-state index in [-0.39, 0.29) is 0 Å². The second-order valence-electron chi connectivity index (χ2n) is 3.83. The third kappa shape index (κ3) is 1.85. The van der Waals surface area contributed by atoms with Crippen LogP contribution < -0.4 is 0 Å². The molecule has 0 unspecified atom stereocenters. The highest BCUT2D eigenvalue weighted by Gasteiger charge is 2.02. The van der Waals surface area contributed by atoms with Gasteiger partial charge in [0.2, 0.25) is 0 Å². The lowest BCUT2D eigenvalue weighted by atomic mass is 10.2. The molecule has 0 radical (unpaired) electrons. The molecule has 0 bridgehead atoms. The zero-order chi connectivity index (χ0) is 11.7. The smallest absolute Gasteiger partial charge is 0.111 e. The van der Waals surface area contributed by atoms with Crippen molar-refractivity contribution in [3.05, 3.63) is 48.4 Å². The summed E-state index contributed by atoms with van der Waals surface area (Å²) in [4.78, 5) is 8.65. The number of pyridine rings is 2. The molecule has 0 amide bonds. The van der Waals surface area contributed by atoms with Gasteiger partial charge in [-0.05, 0) is 37.3 Å². The van der Waals surface area contributed by atoms with E-state index in [9.17, 15) is 0 Å². The maximum Gasteiger partial charge on any atom is 0.111 e. The molecule has 3 heterocycles. The van der Waals surface area contributed by atoms with Crippen LogP contribution in [0.1, 0.15) is 5.69 Å². The minimum Gasteiger partial charge on any atom is -0.264 e. The third-order valence-electron chi connectivity index (χ3n) is 2.52. The van der Waals surface area contributed by atoms with Gasteiger partial charge in [0, 0.05) is 18.0 Å². The summed E-state index contributed by atoms with van der Waals surface area (Å²) in [7, 11) is 0. The number of rotatable bonds is 1. The van der Waals surface area contributed by atoms with Crippen molar-refractivity contribution in [3.8, 4) is 11.3 Å². The van der Waals surface area contributed by atoms with Crippen molar-refractivity contribution in [2.75, 3.05) is 0 Å². The van der Waals surface area contributed by atoms with Gasteiger partial charge in [0.15, 0.2) is 0 Å². The van der Waals surface area contributed by atoms with E-state index in [1.165, 1.54) is 0 Å². The first-order valence-corrected chi connectivity index (χ1v) is 5.34. The summed E-state index contributed by atoms with van der Waals surface area (Å²) in [5.41, 5.74) is 4.44. The first-order valence-electron chi connectivity index (χ1n) is 5.34. The van der Waals surface area contributed by atoms with E-state index >= 15 is 0 Å². The van der Waals surface area contributed by atoms with E-state index in [1.54, 1.807) is 12.4 Å². The van der Waals surface area contributed by atoms with Crippen molar-refractivity contribution in [2.24, 2.45) is 0 Å². The summed E-state index contributed by atoms with van der Waals surface area (Å²) < 4.78 is 0. The van der Waals surface area contributed by atoms with Crippen molar-refractivity contribution in [1.29, 1.82) is 0 Å². The third-order valence-corrected chi connectivity index (χ3v) is 2.52. The van der Waals surface area contributed by atoms with Crippen LogP contribution >= 0.6 is 0 Å². The molecule has 0 fully saturated rings. The second kappa shape index (κ2) is 3.90. The molecule has 0 atom stereocenters. The highest BCUT2D eigenvalue weighted by Crippen LogP contribution is 2.18. The van der Waals surface area contributed by atoms with Gasteiger partial charge in [0.25, 0.3) is 0 Å². The quantitative estimate of drug-likeness (QED) is 0.634. The maximum absolute atomic E-state index is 4.56. The number of aromatic nitrogens is 4. The molecule has 3 aromatic rings. The fraction of sp³-hybridized carbons (Fsp3) is 0.0769. The van der Waals surface area contributed by atoms with Gasteiger partial charge in [0.1, 0.15) is 5.52 Å². The minimum absolute atomic E-state index is 0.809. The molecule has 3 rings (SSSR count). The van der Waals surface area contributed by atoms with Crippen LogP contribution in [-0.4, -0.2) is 20.2 Å². The summed E-state index contributed by atoms with van der Waals surface area (Å²) >= 11 is 0. The predicted molar refractivity (Wildman–Crippen MR) is 65.3 cm³/mol. The molecule has 0 saturated carbocycles. The predicted octanol–water partition coefficient (Wildman–Crippen LogP) is 2.40. The average Bonchev–Trinajstić information content (AvgIpc) is 2.39. The Balaban J connectivity index is 2.19. The summed E-state index contributed by atoms with van der Waals surface area (Å²) in [5, 5.41) is 8.09. The number of aryl methyl sites for hydroxylation is 1. The first-order chi connectivity index (χ1) is 8.33. The van der Waals surface area contributed by atoms with E-state index in [0.29, 0.717) is 0 Å². The van der Waals surface area contributed by atoms with E-state index in [0.717, 1.165) is 28.0 Å². The molecule has 0 aromatic carbocycles. The minimum atomic E-state index is 0.809. The van der Waals surface area contributed by atoms with Crippen molar-refractivity contribution in [2.45, 2.75) is 6.92 Å². The van der Waals surface area contributed by atoms with Gasteiger partial charge < -0.3 is 0 Å². The molecule has 0 aliphatic rings. The number of nitrogens with zero attached hydrogens (tertiary/aromatic N) is 4. The molecule has 4 nitrogen and oxygen atoms in total. The standard InChI is InChI=1S/C13H10N4/c1-9-7-13-12(17-16-9)5-4-11(15-13)10-3-2-6-14-8-10/h2-8H,1H3. The maximum atomic E-state index is 4.56. The Morgan fingerprint density at radius 2 is 1.94 bits per heavy atom. The van der Waals surface area contributed by atoms with Gasteiger partial charge in [-0.25, -0.2) is 4.98 Å². The van der Waals surface area contributed by atoms with Crippen LogP contribution in [0.3, 0.4) is 0 Å². The summed E-state index contributed by atoms with van der Waals surface area (Å²) in [6.07, 6.45) is 3.55. The van der Waals surface area contributed by atoms with Crippen LogP contribution in [0, 0.1) is 6.92 Å². The fourth-order valence-corrected chi connectivity index (χ4v) is 1.69.